The van der Waals surface area contributed by atoms with Crippen molar-refractivity contribution < 1.29 is 14.3 Å². The molecule has 3 rings (SSSR count). The van der Waals surface area contributed by atoms with Gasteiger partial charge in [0.2, 0.25) is 5.91 Å². The summed E-state index contributed by atoms with van der Waals surface area (Å²) in [4.78, 5) is 29.4. The lowest BCUT2D eigenvalue weighted by atomic mass is 10.1. The predicted molar refractivity (Wildman–Crippen MR) is 111 cm³/mol. The van der Waals surface area contributed by atoms with Crippen LogP contribution >= 0.6 is 0 Å². The number of carbonyl (C=O) groups excluding carboxylic acids is 2. The number of rotatable bonds is 5. The van der Waals surface area contributed by atoms with Crippen LogP contribution < -0.4 is 4.74 Å². The van der Waals surface area contributed by atoms with E-state index in [2.05, 4.69) is 5.10 Å². The van der Waals surface area contributed by atoms with Gasteiger partial charge in [-0.2, -0.15) is 5.10 Å². The fraction of sp³-hybridized carbons (Fsp3) is 0.500. The van der Waals surface area contributed by atoms with Crippen LogP contribution in [0, 0.1) is 13.8 Å². The van der Waals surface area contributed by atoms with E-state index >= 15 is 0 Å². The highest BCUT2D eigenvalue weighted by molar-refractivity contribution is 5.94. The summed E-state index contributed by atoms with van der Waals surface area (Å²) in [6.45, 7) is 5.53. The molecule has 2 amide bonds. The molecule has 0 radical (unpaired) electrons. The van der Waals surface area contributed by atoms with Crippen LogP contribution in [0.5, 0.6) is 5.75 Å². The standard InChI is InChI=1S/C22H30N4O3/c1-16-13-17(2)26(23-16)15-21(27)25-11-6-8-19(10-12-25)24(3)22(28)18-7-5-9-20(14-18)29-4/h5,7,9,13-14,19H,6,8,10-12,15H2,1-4H3. The zero-order chi connectivity index (χ0) is 21.0. The van der Waals surface area contributed by atoms with Gasteiger partial charge in [-0.3, -0.25) is 14.3 Å². The van der Waals surface area contributed by atoms with Gasteiger partial charge >= 0.3 is 0 Å². The molecule has 0 N–H and O–H groups in total. The van der Waals surface area contributed by atoms with Crippen molar-refractivity contribution in [3.63, 3.8) is 0 Å². The SMILES string of the molecule is COc1cccc(C(=O)N(C)C2CCCN(C(=O)Cn3nc(C)cc3C)CC2)c1. The topological polar surface area (TPSA) is 67.7 Å². The maximum Gasteiger partial charge on any atom is 0.253 e. The molecule has 1 atom stereocenters. The predicted octanol–water partition coefficient (Wildman–Crippen LogP) is 2.66. The molecule has 2 aromatic rings. The van der Waals surface area contributed by atoms with Crippen LogP contribution in [-0.4, -0.2) is 64.7 Å². The summed E-state index contributed by atoms with van der Waals surface area (Å²) >= 11 is 0. The van der Waals surface area contributed by atoms with Gasteiger partial charge in [0.05, 0.1) is 12.8 Å². The number of methoxy groups -OCH3 is 1. The van der Waals surface area contributed by atoms with E-state index in [9.17, 15) is 9.59 Å². The highest BCUT2D eigenvalue weighted by atomic mass is 16.5. The van der Waals surface area contributed by atoms with Crippen molar-refractivity contribution in [1.29, 1.82) is 0 Å². The van der Waals surface area contributed by atoms with Crippen LogP contribution in [0.3, 0.4) is 0 Å². The van der Waals surface area contributed by atoms with E-state index in [0.29, 0.717) is 17.9 Å². The van der Waals surface area contributed by atoms with Crippen LogP contribution in [0.25, 0.3) is 0 Å². The van der Waals surface area contributed by atoms with Gasteiger partial charge in [0.25, 0.3) is 5.91 Å². The Kier molecular flexibility index (Phi) is 6.56. The normalized spacial score (nSPS) is 17.0. The Balaban J connectivity index is 1.60. The second kappa shape index (κ2) is 9.11. The quantitative estimate of drug-likeness (QED) is 0.777. The van der Waals surface area contributed by atoms with Crippen LogP contribution in [0.1, 0.15) is 41.0 Å². The van der Waals surface area contributed by atoms with Gasteiger partial charge in [-0.15, -0.1) is 0 Å². The first-order valence-electron chi connectivity index (χ1n) is 10.1. The van der Waals surface area contributed by atoms with Gasteiger partial charge in [0.15, 0.2) is 0 Å². The van der Waals surface area contributed by atoms with E-state index < -0.39 is 0 Å². The average molecular weight is 399 g/mol. The van der Waals surface area contributed by atoms with Crippen LogP contribution in [0.15, 0.2) is 30.3 Å². The van der Waals surface area contributed by atoms with Gasteiger partial charge in [0, 0.05) is 37.4 Å². The first-order chi connectivity index (χ1) is 13.9. The zero-order valence-corrected chi connectivity index (χ0v) is 17.7. The summed E-state index contributed by atoms with van der Waals surface area (Å²) in [5.74, 6) is 0.737. The molecule has 2 heterocycles. The molecule has 1 aromatic heterocycles. The molecular formula is C22H30N4O3. The molecule has 1 aliphatic heterocycles. The molecule has 1 unspecified atom stereocenters. The Morgan fingerprint density at radius 3 is 2.69 bits per heavy atom. The molecule has 1 fully saturated rings. The van der Waals surface area contributed by atoms with Crippen LogP contribution in [0.4, 0.5) is 0 Å². The second-order valence-electron chi connectivity index (χ2n) is 7.70. The number of hydrogen-bond donors (Lipinski definition) is 0. The third-order valence-corrected chi connectivity index (χ3v) is 5.62. The Morgan fingerprint density at radius 1 is 1.21 bits per heavy atom. The molecule has 1 aromatic carbocycles. The minimum Gasteiger partial charge on any atom is -0.497 e. The maximum absolute atomic E-state index is 12.9. The fourth-order valence-corrected chi connectivity index (χ4v) is 3.90. The van der Waals surface area contributed by atoms with Crippen LogP contribution in [-0.2, 0) is 11.3 Å². The van der Waals surface area contributed by atoms with Crippen LogP contribution in [0.2, 0.25) is 0 Å². The molecule has 29 heavy (non-hydrogen) atoms. The molecule has 0 bridgehead atoms. The molecule has 156 valence electrons. The monoisotopic (exact) mass is 398 g/mol. The number of aryl methyl sites for hydroxylation is 2. The summed E-state index contributed by atoms with van der Waals surface area (Å²) in [5, 5.41) is 4.39. The van der Waals surface area contributed by atoms with Gasteiger partial charge in [-0.05, 0) is 57.4 Å². The highest BCUT2D eigenvalue weighted by Crippen LogP contribution is 2.20. The Morgan fingerprint density at radius 2 is 2.00 bits per heavy atom. The Labute approximate surface area is 172 Å². The third kappa shape index (κ3) is 4.96. The summed E-state index contributed by atoms with van der Waals surface area (Å²) in [6, 6.07) is 9.31. The van der Waals surface area contributed by atoms with E-state index in [1.165, 1.54) is 0 Å². The van der Waals surface area contributed by atoms with Gasteiger partial charge < -0.3 is 14.5 Å². The number of aromatic nitrogens is 2. The molecular weight excluding hydrogens is 368 g/mol. The van der Waals surface area contributed by atoms with Gasteiger partial charge in [0.1, 0.15) is 12.3 Å². The highest BCUT2D eigenvalue weighted by Gasteiger charge is 2.26. The van der Waals surface area contributed by atoms with E-state index in [-0.39, 0.29) is 24.4 Å². The molecule has 0 aliphatic carbocycles. The van der Waals surface area contributed by atoms with Gasteiger partial charge in [-0.25, -0.2) is 0 Å². The van der Waals surface area contributed by atoms with Crippen molar-refractivity contribution in [3.8, 4) is 5.75 Å². The minimum atomic E-state index is -0.0173. The lowest BCUT2D eigenvalue weighted by molar-refractivity contribution is -0.132. The lowest BCUT2D eigenvalue weighted by Gasteiger charge is -2.27. The number of ether oxygens (including phenoxy) is 1. The number of likely N-dealkylation sites (tertiary alicyclic amines) is 1. The fourth-order valence-electron chi connectivity index (χ4n) is 3.90. The number of nitrogens with zero attached hydrogens (tertiary/aromatic N) is 4. The molecule has 1 aliphatic rings. The molecule has 0 saturated carbocycles. The van der Waals surface area contributed by atoms with Crippen molar-refractivity contribution in [2.24, 2.45) is 0 Å². The largest absolute Gasteiger partial charge is 0.497 e. The first-order valence-corrected chi connectivity index (χ1v) is 10.1. The van der Waals surface area contributed by atoms with E-state index in [4.69, 9.17) is 4.74 Å². The minimum absolute atomic E-state index is 0.0173. The van der Waals surface area contributed by atoms with Crippen molar-refractivity contribution >= 4 is 11.8 Å². The average Bonchev–Trinajstić information content (AvgIpc) is 2.90. The Bertz CT molecular complexity index is 877. The smallest absolute Gasteiger partial charge is 0.253 e. The van der Waals surface area contributed by atoms with Crippen molar-refractivity contribution in [3.05, 3.63) is 47.3 Å². The summed E-state index contributed by atoms with van der Waals surface area (Å²) < 4.78 is 6.99. The van der Waals surface area contributed by atoms with E-state index in [1.807, 2.05) is 55.0 Å². The van der Waals surface area contributed by atoms with E-state index in [1.54, 1.807) is 17.9 Å². The van der Waals surface area contributed by atoms with Crippen molar-refractivity contribution in [2.45, 2.75) is 45.7 Å². The maximum atomic E-state index is 12.9. The number of hydrogen-bond acceptors (Lipinski definition) is 4. The summed E-state index contributed by atoms with van der Waals surface area (Å²) in [7, 11) is 3.44. The molecule has 7 nitrogen and oxygen atoms in total. The number of benzene rings is 1. The lowest BCUT2D eigenvalue weighted by Crippen LogP contribution is -2.39. The number of carbonyl (C=O) groups is 2. The molecule has 1 saturated heterocycles. The van der Waals surface area contributed by atoms with Crippen molar-refractivity contribution in [1.82, 2.24) is 19.6 Å². The summed E-state index contributed by atoms with van der Waals surface area (Å²) in [5.41, 5.74) is 2.53. The molecule has 7 heteroatoms. The van der Waals surface area contributed by atoms with E-state index in [0.717, 1.165) is 37.2 Å². The first kappa shape index (κ1) is 20.9. The van der Waals surface area contributed by atoms with Crippen molar-refractivity contribution in [2.75, 3.05) is 27.2 Å². The third-order valence-electron chi connectivity index (χ3n) is 5.62. The Hall–Kier alpha value is -2.83. The zero-order valence-electron chi connectivity index (χ0n) is 17.7. The second-order valence-corrected chi connectivity index (χ2v) is 7.70. The van der Waals surface area contributed by atoms with Gasteiger partial charge in [-0.1, -0.05) is 6.07 Å². The summed E-state index contributed by atoms with van der Waals surface area (Å²) in [6.07, 6.45) is 2.54. The molecule has 0 spiro atoms. The number of amides is 2.